The van der Waals surface area contributed by atoms with Gasteiger partial charge in [-0.2, -0.15) is 0 Å². The summed E-state index contributed by atoms with van der Waals surface area (Å²) >= 11 is 0. The normalized spacial score (nSPS) is 28.3. The van der Waals surface area contributed by atoms with E-state index in [1.807, 2.05) is 0 Å². The first-order valence-corrected chi connectivity index (χ1v) is 6.73. The van der Waals surface area contributed by atoms with E-state index >= 15 is 0 Å². The summed E-state index contributed by atoms with van der Waals surface area (Å²) in [7, 11) is 4.35. The Morgan fingerprint density at radius 3 is 2.69 bits per heavy atom. The van der Waals surface area contributed by atoms with Crippen LogP contribution < -0.4 is 5.32 Å². The first-order valence-electron chi connectivity index (χ1n) is 6.73. The Morgan fingerprint density at radius 2 is 2.19 bits per heavy atom. The minimum absolute atomic E-state index is 0.604. The number of nitrogens with one attached hydrogen (secondary N) is 1. The van der Waals surface area contributed by atoms with Crippen molar-refractivity contribution in [2.75, 3.05) is 40.4 Å². The van der Waals surface area contributed by atoms with Crippen LogP contribution in [0.1, 0.15) is 25.7 Å². The molecule has 0 aromatic rings. The van der Waals surface area contributed by atoms with Gasteiger partial charge in [-0.1, -0.05) is 6.42 Å². The van der Waals surface area contributed by atoms with Crippen LogP contribution in [0.4, 0.5) is 0 Å². The summed E-state index contributed by atoms with van der Waals surface area (Å²) in [6.07, 6.45) is 5.56. The molecule has 16 heavy (non-hydrogen) atoms. The predicted molar refractivity (Wildman–Crippen MR) is 66.6 cm³/mol. The third-order valence-corrected chi connectivity index (χ3v) is 4.21. The lowest BCUT2D eigenvalue weighted by molar-refractivity contribution is 0.155. The van der Waals surface area contributed by atoms with Crippen molar-refractivity contribution in [1.29, 1.82) is 0 Å². The lowest BCUT2D eigenvalue weighted by Gasteiger charge is -2.33. The molecule has 0 radical (unpaired) electrons. The molecule has 0 bridgehead atoms. The van der Waals surface area contributed by atoms with Gasteiger partial charge in [0.25, 0.3) is 0 Å². The SMILES string of the molecule is CNC(CN(C)CC1CCC1)C1CCOC1. The Labute approximate surface area is 99.5 Å². The molecular weight excluding hydrogens is 200 g/mol. The van der Waals surface area contributed by atoms with Crippen LogP contribution in [0.2, 0.25) is 0 Å². The molecule has 1 N–H and O–H groups in total. The molecule has 1 saturated carbocycles. The lowest BCUT2D eigenvalue weighted by atomic mass is 9.85. The van der Waals surface area contributed by atoms with E-state index in [1.54, 1.807) is 0 Å². The second-order valence-corrected chi connectivity index (χ2v) is 5.54. The van der Waals surface area contributed by atoms with Crippen LogP contribution >= 0.6 is 0 Å². The van der Waals surface area contributed by atoms with E-state index in [2.05, 4.69) is 24.3 Å². The van der Waals surface area contributed by atoms with Gasteiger partial charge in [-0.05, 0) is 39.3 Å². The monoisotopic (exact) mass is 226 g/mol. The van der Waals surface area contributed by atoms with Crippen molar-refractivity contribution in [2.45, 2.75) is 31.7 Å². The highest BCUT2D eigenvalue weighted by molar-refractivity contribution is 4.82. The van der Waals surface area contributed by atoms with Gasteiger partial charge in [0.1, 0.15) is 0 Å². The second kappa shape index (κ2) is 5.99. The van der Waals surface area contributed by atoms with Crippen molar-refractivity contribution in [3.8, 4) is 0 Å². The molecule has 1 aliphatic carbocycles. The van der Waals surface area contributed by atoms with E-state index in [-0.39, 0.29) is 0 Å². The third kappa shape index (κ3) is 3.19. The average molecular weight is 226 g/mol. The fraction of sp³-hybridized carbons (Fsp3) is 1.00. The number of hydrogen-bond donors (Lipinski definition) is 1. The van der Waals surface area contributed by atoms with Gasteiger partial charge in [-0.3, -0.25) is 0 Å². The van der Waals surface area contributed by atoms with Crippen molar-refractivity contribution >= 4 is 0 Å². The Hall–Kier alpha value is -0.120. The number of rotatable bonds is 6. The van der Waals surface area contributed by atoms with Crippen LogP contribution in [0, 0.1) is 11.8 Å². The maximum Gasteiger partial charge on any atom is 0.0510 e. The largest absolute Gasteiger partial charge is 0.381 e. The molecular formula is C13H26N2O. The summed E-state index contributed by atoms with van der Waals surface area (Å²) in [6, 6.07) is 0.604. The van der Waals surface area contributed by atoms with Gasteiger partial charge < -0.3 is 15.0 Å². The predicted octanol–water partition coefficient (Wildman–Crippen LogP) is 1.34. The summed E-state index contributed by atoms with van der Waals surface area (Å²) in [5.74, 6) is 1.69. The fourth-order valence-electron chi connectivity index (χ4n) is 2.87. The fourth-order valence-corrected chi connectivity index (χ4v) is 2.87. The van der Waals surface area contributed by atoms with Crippen LogP contribution in [0.3, 0.4) is 0 Å². The quantitative estimate of drug-likeness (QED) is 0.740. The highest BCUT2D eigenvalue weighted by Crippen LogP contribution is 2.27. The summed E-state index contributed by atoms with van der Waals surface area (Å²) in [5.41, 5.74) is 0. The average Bonchev–Trinajstić information content (AvgIpc) is 2.73. The molecule has 0 spiro atoms. The zero-order valence-electron chi connectivity index (χ0n) is 10.7. The van der Waals surface area contributed by atoms with Crippen molar-refractivity contribution in [1.82, 2.24) is 10.2 Å². The standard InChI is InChI=1S/C13H26N2O/c1-14-13(12-6-7-16-10-12)9-15(2)8-11-4-3-5-11/h11-14H,3-10H2,1-2H3. The molecule has 2 unspecified atom stereocenters. The Balaban J connectivity index is 1.71. The van der Waals surface area contributed by atoms with E-state index in [0.717, 1.165) is 19.1 Å². The minimum Gasteiger partial charge on any atom is -0.381 e. The van der Waals surface area contributed by atoms with Gasteiger partial charge in [0.15, 0.2) is 0 Å². The summed E-state index contributed by atoms with van der Waals surface area (Å²) in [5, 5.41) is 3.46. The third-order valence-electron chi connectivity index (χ3n) is 4.21. The molecule has 0 aromatic heterocycles. The molecule has 2 atom stereocenters. The number of likely N-dealkylation sites (N-methyl/N-ethyl adjacent to an activating group) is 2. The van der Waals surface area contributed by atoms with Gasteiger partial charge in [0.2, 0.25) is 0 Å². The van der Waals surface area contributed by atoms with Crippen LogP contribution in [-0.2, 0) is 4.74 Å². The van der Waals surface area contributed by atoms with Crippen LogP contribution in [0.15, 0.2) is 0 Å². The first kappa shape index (κ1) is 12.3. The Kier molecular flexibility index (Phi) is 4.62. The zero-order chi connectivity index (χ0) is 11.4. The lowest BCUT2D eigenvalue weighted by Crippen LogP contribution is -2.44. The maximum absolute atomic E-state index is 5.48. The molecule has 2 rings (SSSR count). The Bertz CT molecular complexity index is 200. The Morgan fingerprint density at radius 1 is 1.38 bits per heavy atom. The van der Waals surface area contributed by atoms with E-state index in [0.29, 0.717) is 12.0 Å². The maximum atomic E-state index is 5.48. The molecule has 1 heterocycles. The number of nitrogens with zero attached hydrogens (tertiary/aromatic N) is 1. The molecule has 0 aromatic carbocycles. The van der Waals surface area contributed by atoms with Crippen molar-refractivity contribution < 1.29 is 4.74 Å². The molecule has 2 aliphatic rings. The molecule has 3 heteroatoms. The topological polar surface area (TPSA) is 24.5 Å². The highest BCUT2D eigenvalue weighted by atomic mass is 16.5. The summed E-state index contributed by atoms with van der Waals surface area (Å²) in [4.78, 5) is 2.50. The number of ether oxygens (including phenoxy) is 1. The van der Waals surface area contributed by atoms with E-state index < -0.39 is 0 Å². The molecule has 1 aliphatic heterocycles. The van der Waals surface area contributed by atoms with E-state index in [9.17, 15) is 0 Å². The second-order valence-electron chi connectivity index (χ2n) is 5.54. The summed E-state index contributed by atoms with van der Waals surface area (Å²) < 4.78 is 5.48. The summed E-state index contributed by atoms with van der Waals surface area (Å²) in [6.45, 7) is 4.35. The molecule has 2 fully saturated rings. The highest BCUT2D eigenvalue weighted by Gasteiger charge is 2.26. The van der Waals surface area contributed by atoms with Gasteiger partial charge in [-0.15, -0.1) is 0 Å². The van der Waals surface area contributed by atoms with Crippen molar-refractivity contribution in [3.05, 3.63) is 0 Å². The van der Waals surface area contributed by atoms with Crippen molar-refractivity contribution in [3.63, 3.8) is 0 Å². The van der Waals surface area contributed by atoms with E-state index in [1.165, 1.54) is 38.8 Å². The van der Waals surface area contributed by atoms with E-state index in [4.69, 9.17) is 4.74 Å². The molecule has 3 nitrogen and oxygen atoms in total. The zero-order valence-corrected chi connectivity index (χ0v) is 10.7. The molecule has 94 valence electrons. The smallest absolute Gasteiger partial charge is 0.0510 e. The molecule has 0 amide bonds. The van der Waals surface area contributed by atoms with Crippen LogP contribution in [0.25, 0.3) is 0 Å². The van der Waals surface area contributed by atoms with Crippen molar-refractivity contribution in [2.24, 2.45) is 11.8 Å². The van der Waals surface area contributed by atoms with Crippen LogP contribution in [0.5, 0.6) is 0 Å². The molecule has 1 saturated heterocycles. The van der Waals surface area contributed by atoms with Gasteiger partial charge in [-0.25, -0.2) is 0 Å². The van der Waals surface area contributed by atoms with Gasteiger partial charge in [0.05, 0.1) is 6.61 Å². The number of hydrogen-bond acceptors (Lipinski definition) is 3. The minimum atomic E-state index is 0.604. The van der Waals surface area contributed by atoms with Crippen LogP contribution in [-0.4, -0.2) is 51.3 Å². The first-order chi connectivity index (χ1) is 7.79. The van der Waals surface area contributed by atoms with Gasteiger partial charge in [0, 0.05) is 31.7 Å². The van der Waals surface area contributed by atoms with Gasteiger partial charge >= 0.3 is 0 Å².